The number of carbonyl (C=O) groups is 1. The van der Waals surface area contributed by atoms with E-state index in [9.17, 15) is 4.79 Å². The lowest BCUT2D eigenvalue weighted by atomic mass is 10.0. The molecule has 2 rings (SSSR count). The van der Waals surface area contributed by atoms with Gasteiger partial charge in [-0.05, 0) is 68.1 Å². The smallest absolute Gasteiger partial charge is 0.410 e. The Hall–Kier alpha value is -1.30. The zero-order chi connectivity index (χ0) is 17.0. The Morgan fingerprint density at radius 2 is 2.17 bits per heavy atom. The summed E-state index contributed by atoms with van der Waals surface area (Å²) in [5, 5.41) is 0. The number of carbonyl (C=O) groups excluding carboxylic acids is 1. The molecule has 1 fully saturated rings. The van der Waals surface area contributed by atoms with Crippen LogP contribution in [0.15, 0.2) is 22.8 Å². The maximum absolute atomic E-state index is 12.5. The van der Waals surface area contributed by atoms with E-state index >= 15 is 0 Å². The van der Waals surface area contributed by atoms with Gasteiger partial charge in [-0.3, -0.25) is 0 Å². The largest absolute Gasteiger partial charge is 0.444 e. The number of ether oxygens (including phenoxy) is 1. The van der Waals surface area contributed by atoms with Crippen LogP contribution in [0, 0.1) is 0 Å². The third-order valence-corrected chi connectivity index (χ3v) is 4.31. The Morgan fingerprint density at radius 3 is 2.78 bits per heavy atom. The van der Waals surface area contributed by atoms with Gasteiger partial charge in [0.1, 0.15) is 11.4 Å². The minimum atomic E-state index is -0.460. The molecule has 1 aromatic heterocycles. The zero-order valence-corrected chi connectivity index (χ0v) is 16.0. The molecule has 0 spiro atoms. The summed E-state index contributed by atoms with van der Waals surface area (Å²) >= 11 is 3.40. The molecule has 1 aliphatic rings. The standard InChI is InChI=1S/C17H26BrN3O2/c1-17(2,3)23-16(22)21-10-6-5-7-14(21)12-20(4)15-9-8-13(18)11-19-15/h8-9,11,14H,5-7,10,12H2,1-4H3. The Kier molecular flexibility index (Phi) is 5.89. The summed E-state index contributed by atoms with van der Waals surface area (Å²) in [5.74, 6) is 0.905. The summed E-state index contributed by atoms with van der Waals surface area (Å²) in [5.41, 5.74) is -0.460. The van der Waals surface area contributed by atoms with E-state index in [2.05, 4.69) is 25.8 Å². The topological polar surface area (TPSA) is 45.7 Å². The van der Waals surface area contributed by atoms with Gasteiger partial charge >= 0.3 is 6.09 Å². The molecule has 2 heterocycles. The summed E-state index contributed by atoms with van der Waals surface area (Å²) < 4.78 is 6.52. The molecule has 1 amide bonds. The van der Waals surface area contributed by atoms with Crippen molar-refractivity contribution in [3.8, 4) is 0 Å². The summed E-state index contributed by atoms with van der Waals surface area (Å²) in [4.78, 5) is 20.8. The Morgan fingerprint density at radius 1 is 1.43 bits per heavy atom. The maximum atomic E-state index is 12.5. The van der Waals surface area contributed by atoms with Gasteiger partial charge in [-0.2, -0.15) is 0 Å². The van der Waals surface area contributed by atoms with Crippen molar-refractivity contribution in [1.29, 1.82) is 0 Å². The van der Waals surface area contributed by atoms with Crippen LogP contribution in [-0.2, 0) is 4.74 Å². The molecule has 1 unspecified atom stereocenters. The van der Waals surface area contributed by atoms with Gasteiger partial charge in [0.15, 0.2) is 0 Å². The first-order valence-corrected chi connectivity index (χ1v) is 8.88. The molecule has 0 aliphatic carbocycles. The lowest BCUT2D eigenvalue weighted by molar-refractivity contribution is 0.0108. The highest BCUT2D eigenvalue weighted by Crippen LogP contribution is 2.22. The molecular formula is C17H26BrN3O2. The number of pyridine rings is 1. The quantitative estimate of drug-likeness (QED) is 0.788. The van der Waals surface area contributed by atoms with Gasteiger partial charge in [-0.1, -0.05) is 0 Å². The van der Waals surface area contributed by atoms with Crippen LogP contribution in [0.1, 0.15) is 40.0 Å². The normalized spacial score (nSPS) is 18.7. The molecule has 0 saturated carbocycles. The Balaban J connectivity index is 2.03. The number of aromatic nitrogens is 1. The monoisotopic (exact) mass is 383 g/mol. The molecule has 0 aromatic carbocycles. The summed E-state index contributed by atoms with van der Waals surface area (Å²) in [7, 11) is 2.01. The number of anilines is 1. The van der Waals surface area contributed by atoms with Crippen molar-refractivity contribution < 1.29 is 9.53 Å². The number of nitrogens with zero attached hydrogens (tertiary/aromatic N) is 3. The Labute approximate surface area is 147 Å². The first-order chi connectivity index (χ1) is 10.8. The predicted octanol–water partition coefficient (Wildman–Crippen LogP) is 4.07. The van der Waals surface area contributed by atoms with E-state index in [4.69, 9.17) is 4.74 Å². The molecule has 1 saturated heterocycles. The highest BCUT2D eigenvalue weighted by molar-refractivity contribution is 9.10. The zero-order valence-electron chi connectivity index (χ0n) is 14.4. The second-order valence-corrected chi connectivity index (χ2v) is 7.95. The van der Waals surface area contributed by atoms with E-state index in [1.807, 2.05) is 44.9 Å². The van der Waals surface area contributed by atoms with Crippen LogP contribution in [0.2, 0.25) is 0 Å². The molecular weight excluding hydrogens is 358 g/mol. The SMILES string of the molecule is CN(CC1CCCCN1C(=O)OC(C)(C)C)c1ccc(Br)cn1. The number of likely N-dealkylation sites (tertiary alicyclic amines) is 1. The van der Waals surface area contributed by atoms with Crippen molar-refractivity contribution in [1.82, 2.24) is 9.88 Å². The minimum absolute atomic E-state index is 0.161. The molecule has 23 heavy (non-hydrogen) atoms. The molecule has 1 atom stereocenters. The van der Waals surface area contributed by atoms with E-state index in [0.29, 0.717) is 0 Å². The van der Waals surface area contributed by atoms with Gasteiger partial charge in [0.2, 0.25) is 0 Å². The van der Waals surface area contributed by atoms with Crippen LogP contribution in [0.25, 0.3) is 0 Å². The molecule has 128 valence electrons. The number of likely N-dealkylation sites (N-methyl/N-ethyl adjacent to an activating group) is 1. The van der Waals surface area contributed by atoms with Gasteiger partial charge in [0, 0.05) is 30.8 Å². The second-order valence-electron chi connectivity index (χ2n) is 7.04. The van der Waals surface area contributed by atoms with Crippen molar-refractivity contribution in [2.24, 2.45) is 0 Å². The van der Waals surface area contributed by atoms with Crippen LogP contribution in [0.3, 0.4) is 0 Å². The molecule has 6 heteroatoms. The van der Waals surface area contributed by atoms with Crippen molar-refractivity contribution >= 4 is 27.8 Å². The minimum Gasteiger partial charge on any atom is -0.444 e. The van der Waals surface area contributed by atoms with Crippen LogP contribution in [0.4, 0.5) is 10.6 Å². The van der Waals surface area contributed by atoms with Crippen LogP contribution >= 0.6 is 15.9 Å². The maximum Gasteiger partial charge on any atom is 0.410 e. The fourth-order valence-electron chi connectivity index (χ4n) is 2.75. The number of hydrogen-bond acceptors (Lipinski definition) is 4. The fourth-order valence-corrected chi connectivity index (χ4v) is 2.99. The van der Waals surface area contributed by atoms with Crippen LogP contribution in [0.5, 0.6) is 0 Å². The summed E-state index contributed by atoms with van der Waals surface area (Å²) in [6.07, 6.45) is 4.76. The van der Waals surface area contributed by atoms with E-state index in [1.165, 1.54) is 0 Å². The number of rotatable bonds is 3. The van der Waals surface area contributed by atoms with Gasteiger partial charge in [0.25, 0.3) is 0 Å². The molecule has 5 nitrogen and oxygen atoms in total. The average molecular weight is 384 g/mol. The lowest BCUT2D eigenvalue weighted by Crippen LogP contribution is -2.50. The van der Waals surface area contributed by atoms with Crippen molar-refractivity contribution in [3.63, 3.8) is 0 Å². The third kappa shape index (κ3) is 5.37. The van der Waals surface area contributed by atoms with Gasteiger partial charge in [-0.25, -0.2) is 9.78 Å². The molecule has 0 radical (unpaired) electrons. The molecule has 0 N–H and O–H groups in total. The second kappa shape index (κ2) is 7.51. The fraction of sp³-hybridized carbons (Fsp3) is 0.647. The van der Waals surface area contributed by atoms with Crippen molar-refractivity contribution in [2.45, 2.75) is 51.7 Å². The number of halogens is 1. The lowest BCUT2D eigenvalue weighted by Gasteiger charge is -2.38. The predicted molar refractivity (Wildman–Crippen MR) is 95.8 cm³/mol. The molecule has 1 aromatic rings. The van der Waals surface area contributed by atoms with Gasteiger partial charge in [-0.15, -0.1) is 0 Å². The summed E-state index contributed by atoms with van der Waals surface area (Å²) in [6, 6.07) is 4.12. The summed E-state index contributed by atoms with van der Waals surface area (Å²) in [6.45, 7) is 7.24. The molecule has 0 bridgehead atoms. The highest BCUT2D eigenvalue weighted by atomic mass is 79.9. The van der Waals surface area contributed by atoms with Crippen LogP contribution < -0.4 is 4.90 Å². The van der Waals surface area contributed by atoms with E-state index in [-0.39, 0.29) is 12.1 Å². The highest BCUT2D eigenvalue weighted by Gasteiger charge is 2.31. The van der Waals surface area contributed by atoms with E-state index in [0.717, 1.165) is 42.6 Å². The van der Waals surface area contributed by atoms with Gasteiger partial charge in [0.05, 0.1) is 6.04 Å². The van der Waals surface area contributed by atoms with Crippen molar-refractivity contribution in [2.75, 3.05) is 25.0 Å². The third-order valence-electron chi connectivity index (χ3n) is 3.84. The first kappa shape index (κ1) is 18.0. The van der Waals surface area contributed by atoms with Gasteiger partial charge < -0.3 is 14.5 Å². The number of amides is 1. The van der Waals surface area contributed by atoms with Crippen molar-refractivity contribution in [3.05, 3.63) is 22.8 Å². The Bertz CT molecular complexity index is 528. The first-order valence-electron chi connectivity index (χ1n) is 8.08. The van der Waals surface area contributed by atoms with E-state index < -0.39 is 5.60 Å². The number of piperidine rings is 1. The van der Waals surface area contributed by atoms with Crippen LogP contribution in [-0.4, -0.2) is 47.8 Å². The average Bonchev–Trinajstić information content (AvgIpc) is 2.46. The number of hydrogen-bond donors (Lipinski definition) is 0. The van der Waals surface area contributed by atoms with E-state index in [1.54, 1.807) is 6.20 Å². The molecule has 1 aliphatic heterocycles.